The average Bonchev–Trinajstić information content (AvgIpc) is 2.47. The fourth-order valence-corrected chi connectivity index (χ4v) is 2.32. The van der Waals surface area contributed by atoms with Crippen LogP contribution in [-0.2, 0) is 11.3 Å². The number of esters is 1. The number of carbonyl (C=O) groups excluding carboxylic acids is 1. The lowest BCUT2D eigenvalue weighted by Gasteiger charge is -2.10. The molecule has 0 amide bonds. The Hall–Kier alpha value is -1.59. The minimum absolute atomic E-state index is 0.0817. The van der Waals surface area contributed by atoms with Crippen LogP contribution in [0.1, 0.15) is 15.9 Å². The summed E-state index contributed by atoms with van der Waals surface area (Å²) in [7, 11) is 1.21. The Bertz CT molecular complexity index is 679. The summed E-state index contributed by atoms with van der Waals surface area (Å²) in [6.07, 6.45) is 0. The van der Waals surface area contributed by atoms with Crippen LogP contribution in [0.5, 0.6) is 0 Å². The molecule has 110 valence electrons. The molecule has 0 atom stereocenters. The molecule has 2 rings (SSSR count). The van der Waals surface area contributed by atoms with E-state index in [4.69, 9.17) is 11.6 Å². The molecule has 0 saturated carbocycles. The second-order valence-electron chi connectivity index (χ2n) is 4.28. The summed E-state index contributed by atoms with van der Waals surface area (Å²) >= 11 is 9.42. The molecule has 0 radical (unpaired) electrons. The molecule has 2 aromatic rings. The maximum Gasteiger partial charge on any atom is 0.340 e. The van der Waals surface area contributed by atoms with Crippen molar-refractivity contribution in [2.45, 2.75) is 6.54 Å². The topological polar surface area (TPSA) is 38.3 Å². The Labute approximate surface area is 135 Å². The van der Waals surface area contributed by atoms with Crippen molar-refractivity contribution in [1.29, 1.82) is 0 Å². The van der Waals surface area contributed by atoms with Crippen LogP contribution in [0.2, 0.25) is 5.02 Å². The van der Waals surface area contributed by atoms with Crippen LogP contribution in [0.4, 0.5) is 10.1 Å². The Balaban J connectivity index is 2.12. The van der Waals surface area contributed by atoms with Crippen LogP contribution in [0.3, 0.4) is 0 Å². The second kappa shape index (κ2) is 6.91. The van der Waals surface area contributed by atoms with Gasteiger partial charge in [0.05, 0.1) is 23.4 Å². The van der Waals surface area contributed by atoms with E-state index in [2.05, 4.69) is 26.0 Å². The molecule has 2 aromatic carbocycles. The Morgan fingerprint density at radius 1 is 1.33 bits per heavy atom. The maximum absolute atomic E-state index is 13.8. The summed E-state index contributed by atoms with van der Waals surface area (Å²) < 4.78 is 19.2. The summed E-state index contributed by atoms with van der Waals surface area (Å²) in [5.41, 5.74) is 1.35. The predicted octanol–water partition coefficient (Wildman–Crippen LogP) is 4.64. The van der Waals surface area contributed by atoms with Gasteiger partial charge in [0.25, 0.3) is 0 Å². The highest BCUT2D eigenvalue weighted by atomic mass is 79.9. The molecule has 0 unspecified atom stereocenters. The van der Waals surface area contributed by atoms with Crippen LogP contribution in [-0.4, -0.2) is 13.1 Å². The third-order valence-electron chi connectivity index (χ3n) is 2.85. The molecule has 0 bridgehead atoms. The fourth-order valence-electron chi connectivity index (χ4n) is 1.77. The first-order chi connectivity index (χ1) is 10.0. The van der Waals surface area contributed by atoms with Crippen molar-refractivity contribution < 1.29 is 13.9 Å². The van der Waals surface area contributed by atoms with E-state index in [1.807, 2.05) is 12.1 Å². The van der Waals surface area contributed by atoms with Crippen LogP contribution < -0.4 is 5.32 Å². The summed E-state index contributed by atoms with van der Waals surface area (Å²) in [6.45, 7) is 0.383. The van der Waals surface area contributed by atoms with Gasteiger partial charge in [-0.05, 0) is 35.9 Å². The molecule has 0 heterocycles. The minimum atomic E-state index is -0.693. The molecule has 0 aliphatic heterocycles. The Morgan fingerprint density at radius 3 is 2.76 bits per heavy atom. The number of hydrogen-bond donors (Lipinski definition) is 1. The molecular weight excluding hydrogens is 361 g/mol. The Morgan fingerprint density at radius 2 is 2.10 bits per heavy atom. The zero-order chi connectivity index (χ0) is 15.4. The summed E-state index contributed by atoms with van der Waals surface area (Å²) in [5, 5.41) is 3.69. The van der Waals surface area contributed by atoms with Gasteiger partial charge < -0.3 is 10.1 Å². The molecular formula is C15H12BrClFNO2. The molecule has 0 saturated heterocycles. The largest absolute Gasteiger partial charge is 0.465 e. The van der Waals surface area contributed by atoms with Crippen molar-refractivity contribution >= 4 is 39.2 Å². The third-order valence-corrected chi connectivity index (χ3v) is 3.67. The number of rotatable bonds is 4. The first-order valence-electron chi connectivity index (χ1n) is 6.07. The van der Waals surface area contributed by atoms with Gasteiger partial charge in [0.15, 0.2) is 0 Å². The minimum Gasteiger partial charge on any atom is -0.465 e. The standard InChI is InChI=1S/C15H12BrClFNO2/c1-21-15(20)11-4-2-9(6-13(11)18)8-19-14-7-10(16)3-5-12(14)17/h2-7,19H,8H2,1H3. The SMILES string of the molecule is COC(=O)c1ccc(CNc2cc(Br)ccc2Cl)cc1F. The van der Waals surface area contributed by atoms with Crippen molar-refractivity contribution in [3.05, 3.63) is 62.8 Å². The number of nitrogens with one attached hydrogen (secondary N) is 1. The van der Waals surface area contributed by atoms with Crippen molar-refractivity contribution in [3.63, 3.8) is 0 Å². The van der Waals surface area contributed by atoms with E-state index >= 15 is 0 Å². The van der Waals surface area contributed by atoms with Crippen LogP contribution in [0.25, 0.3) is 0 Å². The van der Waals surface area contributed by atoms with Crippen molar-refractivity contribution in [1.82, 2.24) is 0 Å². The number of ether oxygens (including phenoxy) is 1. The molecule has 0 aliphatic rings. The Kier molecular flexibility index (Phi) is 5.20. The molecule has 0 spiro atoms. The molecule has 6 heteroatoms. The van der Waals surface area contributed by atoms with E-state index in [1.165, 1.54) is 19.2 Å². The zero-order valence-electron chi connectivity index (χ0n) is 11.1. The first-order valence-corrected chi connectivity index (χ1v) is 7.24. The zero-order valence-corrected chi connectivity index (χ0v) is 13.5. The number of halogens is 3. The monoisotopic (exact) mass is 371 g/mol. The highest BCUT2D eigenvalue weighted by Crippen LogP contribution is 2.26. The van der Waals surface area contributed by atoms with Gasteiger partial charge in [-0.3, -0.25) is 0 Å². The smallest absolute Gasteiger partial charge is 0.340 e. The van der Waals surface area contributed by atoms with Gasteiger partial charge >= 0.3 is 5.97 Å². The van der Waals surface area contributed by atoms with Crippen LogP contribution in [0, 0.1) is 5.82 Å². The lowest BCUT2D eigenvalue weighted by Crippen LogP contribution is -2.06. The molecule has 3 nitrogen and oxygen atoms in total. The van der Waals surface area contributed by atoms with Gasteiger partial charge in [-0.25, -0.2) is 9.18 Å². The lowest BCUT2D eigenvalue weighted by molar-refractivity contribution is 0.0595. The van der Waals surface area contributed by atoms with E-state index < -0.39 is 11.8 Å². The lowest BCUT2D eigenvalue weighted by atomic mass is 10.1. The predicted molar refractivity (Wildman–Crippen MR) is 84.2 cm³/mol. The molecule has 1 N–H and O–H groups in total. The van der Waals surface area contributed by atoms with Gasteiger partial charge in [-0.2, -0.15) is 0 Å². The highest BCUT2D eigenvalue weighted by molar-refractivity contribution is 9.10. The van der Waals surface area contributed by atoms with Gasteiger partial charge in [0.2, 0.25) is 0 Å². The third kappa shape index (κ3) is 3.95. The van der Waals surface area contributed by atoms with Crippen LogP contribution in [0.15, 0.2) is 40.9 Å². The number of benzene rings is 2. The first kappa shape index (κ1) is 15.8. The molecule has 0 aliphatic carbocycles. The number of hydrogen-bond acceptors (Lipinski definition) is 3. The van der Waals surface area contributed by atoms with Gasteiger partial charge in [0.1, 0.15) is 5.82 Å². The van der Waals surface area contributed by atoms with Gasteiger partial charge in [-0.1, -0.05) is 33.6 Å². The highest BCUT2D eigenvalue weighted by Gasteiger charge is 2.12. The number of anilines is 1. The van der Waals surface area contributed by atoms with E-state index in [0.29, 0.717) is 17.1 Å². The van der Waals surface area contributed by atoms with Crippen molar-refractivity contribution in [3.8, 4) is 0 Å². The summed E-state index contributed by atoms with van der Waals surface area (Å²) in [4.78, 5) is 11.3. The average molecular weight is 373 g/mol. The van der Waals surface area contributed by atoms with E-state index in [9.17, 15) is 9.18 Å². The van der Waals surface area contributed by atoms with Crippen LogP contribution >= 0.6 is 27.5 Å². The molecule has 0 aromatic heterocycles. The summed E-state index contributed by atoms with van der Waals surface area (Å²) in [5.74, 6) is -1.30. The van der Waals surface area contributed by atoms with E-state index in [0.717, 1.165) is 10.2 Å². The van der Waals surface area contributed by atoms with E-state index in [-0.39, 0.29) is 5.56 Å². The molecule has 0 fully saturated rings. The van der Waals surface area contributed by atoms with Gasteiger partial charge in [-0.15, -0.1) is 0 Å². The van der Waals surface area contributed by atoms with E-state index in [1.54, 1.807) is 12.1 Å². The number of methoxy groups -OCH3 is 1. The quantitative estimate of drug-likeness (QED) is 0.795. The van der Waals surface area contributed by atoms with Crippen molar-refractivity contribution in [2.75, 3.05) is 12.4 Å². The summed E-state index contributed by atoms with van der Waals surface area (Å²) in [6, 6.07) is 9.79. The van der Waals surface area contributed by atoms with Crippen molar-refractivity contribution in [2.24, 2.45) is 0 Å². The normalized spacial score (nSPS) is 10.3. The second-order valence-corrected chi connectivity index (χ2v) is 5.61. The molecule has 21 heavy (non-hydrogen) atoms. The fraction of sp³-hybridized carbons (Fsp3) is 0.133. The maximum atomic E-state index is 13.8. The van der Waals surface area contributed by atoms with Gasteiger partial charge in [0, 0.05) is 11.0 Å². The number of carbonyl (C=O) groups is 1.